The summed E-state index contributed by atoms with van der Waals surface area (Å²) in [4.78, 5) is 11.7. The fourth-order valence-corrected chi connectivity index (χ4v) is 2.19. The number of carbonyl (C=O) groups is 1. The van der Waals surface area contributed by atoms with Gasteiger partial charge in [0.15, 0.2) is 5.76 Å². The molecule has 0 unspecified atom stereocenters. The molecular weight excluding hydrogens is 330 g/mol. The van der Waals surface area contributed by atoms with Crippen molar-refractivity contribution in [1.82, 2.24) is 5.43 Å². The van der Waals surface area contributed by atoms with Crippen LogP contribution in [0.5, 0.6) is 5.75 Å². The van der Waals surface area contributed by atoms with E-state index in [0.29, 0.717) is 17.9 Å². The summed E-state index contributed by atoms with van der Waals surface area (Å²) < 4.78 is 10.7. The largest absolute Gasteiger partial charge is 0.489 e. The van der Waals surface area contributed by atoms with E-state index in [9.17, 15) is 4.79 Å². The number of amides is 1. The predicted octanol–water partition coefficient (Wildman–Crippen LogP) is 3.49. The van der Waals surface area contributed by atoms with Crippen LogP contribution in [-0.2, 0) is 6.61 Å². The van der Waals surface area contributed by atoms with Crippen LogP contribution >= 0.6 is 0 Å². The highest BCUT2D eigenvalue weighted by Gasteiger charge is 2.06. The van der Waals surface area contributed by atoms with Crippen LogP contribution in [0.3, 0.4) is 0 Å². The molecule has 3 rings (SSSR count). The number of nitrogens with zero attached hydrogens (tertiary/aromatic N) is 2. The molecule has 3 aromatic rings. The number of hydrogen-bond acceptors (Lipinski definition) is 5. The number of carbonyl (C=O) groups excluding carboxylic acids is 1. The number of nitrogens with one attached hydrogen (secondary N) is 1. The molecule has 0 aliphatic heterocycles. The molecule has 0 saturated carbocycles. The van der Waals surface area contributed by atoms with Gasteiger partial charge in [-0.15, -0.1) is 0 Å². The molecular formula is C20H15N3O3. The molecule has 1 aromatic heterocycles. The van der Waals surface area contributed by atoms with Gasteiger partial charge < -0.3 is 9.15 Å². The molecule has 1 heterocycles. The van der Waals surface area contributed by atoms with Gasteiger partial charge in [-0.3, -0.25) is 4.79 Å². The average Bonchev–Trinajstić information content (AvgIpc) is 3.22. The smallest absolute Gasteiger partial charge is 0.307 e. The van der Waals surface area contributed by atoms with Crippen LogP contribution in [0, 0.1) is 11.3 Å². The number of ether oxygens (including phenoxy) is 1. The van der Waals surface area contributed by atoms with E-state index in [0.717, 1.165) is 11.1 Å². The molecule has 0 radical (unpaired) electrons. The van der Waals surface area contributed by atoms with Crippen molar-refractivity contribution in [1.29, 1.82) is 5.26 Å². The Bertz CT molecular complexity index is 939. The summed E-state index contributed by atoms with van der Waals surface area (Å²) in [5, 5.41) is 13.0. The molecule has 0 spiro atoms. The van der Waals surface area contributed by atoms with Crippen LogP contribution in [0.4, 0.5) is 0 Å². The van der Waals surface area contributed by atoms with Gasteiger partial charge in [0.05, 0.1) is 24.1 Å². The Kier molecular flexibility index (Phi) is 5.43. The van der Waals surface area contributed by atoms with E-state index in [1.165, 1.54) is 12.5 Å². The molecule has 0 saturated heterocycles. The molecule has 26 heavy (non-hydrogen) atoms. The maximum atomic E-state index is 11.7. The number of rotatable bonds is 6. The van der Waals surface area contributed by atoms with Crippen molar-refractivity contribution in [3.63, 3.8) is 0 Å². The van der Waals surface area contributed by atoms with E-state index in [1.54, 1.807) is 30.3 Å². The van der Waals surface area contributed by atoms with Gasteiger partial charge in [-0.25, -0.2) is 5.43 Å². The maximum absolute atomic E-state index is 11.7. The third-order valence-corrected chi connectivity index (χ3v) is 3.54. The van der Waals surface area contributed by atoms with Crippen LogP contribution in [0.2, 0.25) is 0 Å². The van der Waals surface area contributed by atoms with Gasteiger partial charge >= 0.3 is 5.91 Å². The second kappa shape index (κ2) is 8.31. The van der Waals surface area contributed by atoms with Crippen molar-refractivity contribution in [2.75, 3.05) is 0 Å². The van der Waals surface area contributed by atoms with Crippen molar-refractivity contribution in [3.05, 3.63) is 89.4 Å². The number of nitriles is 1. The third kappa shape index (κ3) is 4.36. The van der Waals surface area contributed by atoms with Gasteiger partial charge in [0, 0.05) is 5.56 Å². The first-order valence-corrected chi connectivity index (χ1v) is 7.84. The number of benzene rings is 2. The Morgan fingerprint density at radius 2 is 1.96 bits per heavy atom. The monoisotopic (exact) mass is 345 g/mol. The van der Waals surface area contributed by atoms with E-state index in [-0.39, 0.29) is 5.76 Å². The standard InChI is InChI=1S/C20H15N3O3/c21-12-16-4-1-2-5-17(16)14-26-18-9-7-15(8-10-18)13-22-23-20(24)19-6-3-11-25-19/h1-11,13H,14H2,(H,23,24)/b22-13+. The first kappa shape index (κ1) is 17.0. The van der Waals surface area contributed by atoms with Crippen molar-refractivity contribution in [2.45, 2.75) is 6.61 Å². The van der Waals surface area contributed by atoms with Crippen molar-refractivity contribution >= 4 is 12.1 Å². The summed E-state index contributed by atoms with van der Waals surface area (Å²) in [7, 11) is 0. The summed E-state index contributed by atoms with van der Waals surface area (Å²) in [6, 6.07) is 19.9. The summed E-state index contributed by atoms with van der Waals surface area (Å²) in [5.41, 5.74) is 4.62. The second-order valence-electron chi connectivity index (χ2n) is 5.30. The highest BCUT2D eigenvalue weighted by molar-refractivity contribution is 5.92. The minimum absolute atomic E-state index is 0.198. The minimum atomic E-state index is -0.414. The molecule has 0 bridgehead atoms. The van der Waals surface area contributed by atoms with Crippen LogP contribution in [0.25, 0.3) is 0 Å². The Morgan fingerprint density at radius 3 is 2.69 bits per heavy atom. The molecule has 1 amide bonds. The van der Waals surface area contributed by atoms with E-state index in [1.807, 2.05) is 30.3 Å². The van der Waals surface area contributed by atoms with Gasteiger partial charge in [0.2, 0.25) is 0 Å². The van der Waals surface area contributed by atoms with Crippen LogP contribution < -0.4 is 10.2 Å². The fraction of sp³-hybridized carbons (Fsp3) is 0.0500. The SMILES string of the molecule is N#Cc1ccccc1COc1ccc(/C=N/NC(=O)c2ccco2)cc1. The molecule has 6 nitrogen and oxygen atoms in total. The third-order valence-electron chi connectivity index (χ3n) is 3.54. The molecule has 0 fully saturated rings. The van der Waals surface area contributed by atoms with Crippen molar-refractivity contribution in [3.8, 4) is 11.8 Å². The van der Waals surface area contributed by atoms with Gasteiger partial charge in [0.1, 0.15) is 12.4 Å². The summed E-state index contributed by atoms with van der Waals surface area (Å²) in [6.07, 6.45) is 2.95. The average molecular weight is 345 g/mol. The second-order valence-corrected chi connectivity index (χ2v) is 5.30. The lowest BCUT2D eigenvalue weighted by Gasteiger charge is -2.07. The zero-order valence-electron chi connectivity index (χ0n) is 13.8. The molecule has 0 atom stereocenters. The highest BCUT2D eigenvalue weighted by Crippen LogP contribution is 2.15. The molecule has 128 valence electrons. The quantitative estimate of drug-likeness (QED) is 0.547. The Hall–Kier alpha value is -3.85. The van der Waals surface area contributed by atoms with Crippen molar-refractivity contribution in [2.24, 2.45) is 5.10 Å². The molecule has 6 heteroatoms. The summed E-state index contributed by atoms with van der Waals surface area (Å²) in [5.74, 6) is 0.459. The van der Waals surface area contributed by atoms with Gasteiger partial charge in [0.25, 0.3) is 0 Å². The lowest BCUT2D eigenvalue weighted by Crippen LogP contribution is -2.16. The Labute approximate surface area is 150 Å². The molecule has 2 aromatic carbocycles. The number of hydrazone groups is 1. The number of furan rings is 1. The first-order valence-electron chi connectivity index (χ1n) is 7.84. The van der Waals surface area contributed by atoms with Gasteiger partial charge in [-0.05, 0) is 48.0 Å². The first-order chi connectivity index (χ1) is 12.8. The van der Waals surface area contributed by atoms with E-state index < -0.39 is 5.91 Å². The Morgan fingerprint density at radius 1 is 1.15 bits per heavy atom. The molecule has 0 aliphatic carbocycles. The Balaban J connectivity index is 1.54. The van der Waals surface area contributed by atoms with Crippen molar-refractivity contribution < 1.29 is 13.9 Å². The van der Waals surface area contributed by atoms with Gasteiger partial charge in [-0.2, -0.15) is 10.4 Å². The minimum Gasteiger partial charge on any atom is -0.489 e. The number of hydrogen-bond donors (Lipinski definition) is 1. The fourth-order valence-electron chi connectivity index (χ4n) is 2.19. The van der Waals surface area contributed by atoms with E-state index >= 15 is 0 Å². The van der Waals surface area contributed by atoms with Crippen LogP contribution in [0.1, 0.15) is 27.2 Å². The summed E-state index contributed by atoms with van der Waals surface area (Å²) in [6.45, 7) is 0.316. The lowest BCUT2D eigenvalue weighted by molar-refractivity contribution is 0.0927. The zero-order valence-corrected chi connectivity index (χ0v) is 13.8. The molecule has 0 aliphatic rings. The lowest BCUT2D eigenvalue weighted by atomic mass is 10.1. The highest BCUT2D eigenvalue weighted by atomic mass is 16.5. The normalized spacial score (nSPS) is 10.4. The predicted molar refractivity (Wildman–Crippen MR) is 95.7 cm³/mol. The van der Waals surface area contributed by atoms with Crippen LogP contribution in [0.15, 0.2) is 76.4 Å². The zero-order chi connectivity index (χ0) is 18.2. The topological polar surface area (TPSA) is 87.6 Å². The van der Waals surface area contributed by atoms with E-state index in [2.05, 4.69) is 16.6 Å². The van der Waals surface area contributed by atoms with Crippen LogP contribution in [-0.4, -0.2) is 12.1 Å². The molecule has 1 N–H and O–H groups in total. The van der Waals surface area contributed by atoms with E-state index in [4.69, 9.17) is 14.4 Å². The van der Waals surface area contributed by atoms with Gasteiger partial charge in [-0.1, -0.05) is 18.2 Å². The summed E-state index contributed by atoms with van der Waals surface area (Å²) >= 11 is 0. The maximum Gasteiger partial charge on any atom is 0.307 e.